The maximum Gasteiger partial charge on any atom is 0.109 e. The van der Waals surface area contributed by atoms with E-state index in [4.69, 9.17) is 0 Å². The van der Waals surface area contributed by atoms with Crippen LogP contribution in [-0.4, -0.2) is 9.55 Å². The summed E-state index contributed by atoms with van der Waals surface area (Å²) < 4.78 is 2.39. The lowest BCUT2D eigenvalue weighted by molar-refractivity contribution is 0.638. The van der Waals surface area contributed by atoms with Crippen molar-refractivity contribution < 1.29 is 0 Å². The summed E-state index contributed by atoms with van der Waals surface area (Å²) in [6, 6.07) is 10.6. The van der Waals surface area contributed by atoms with Crippen molar-refractivity contribution in [3.8, 4) is 11.3 Å². The number of hydrogen-bond donors (Lipinski definition) is 0. The Labute approximate surface area is 108 Å². The first kappa shape index (κ1) is 12.2. The van der Waals surface area contributed by atoms with E-state index in [-0.39, 0.29) is 12.4 Å². The summed E-state index contributed by atoms with van der Waals surface area (Å²) in [6.07, 6.45) is 7.05. The highest BCUT2D eigenvalue weighted by Gasteiger charge is 2.13. The third-order valence-electron chi connectivity index (χ3n) is 3.29. The third kappa shape index (κ3) is 2.37. The van der Waals surface area contributed by atoms with Crippen LogP contribution in [0, 0.1) is 0 Å². The quantitative estimate of drug-likeness (QED) is 0.753. The van der Waals surface area contributed by atoms with Crippen LogP contribution in [0.5, 0.6) is 0 Å². The topological polar surface area (TPSA) is 17.8 Å². The summed E-state index contributed by atoms with van der Waals surface area (Å²) >= 11 is 0. The minimum Gasteiger partial charge on any atom is -0.328 e. The molecule has 2 nitrogen and oxygen atoms in total. The number of aryl methyl sites for hydroxylation is 1. The Hall–Kier alpha value is -1.28. The van der Waals surface area contributed by atoms with Gasteiger partial charge in [0.1, 0.15) is 5.82 Å². The molecule has 1 aliphatic heterocycles. The highest BCUT2D eigenvalue weighted by atomic mass is 35.5. The molecule has 90 valence electrons. The summed E-state index contributed by atoms with van der Waals surface area (Å²) in [7, 11) is 0. The summed E-state index contributed by atoms with van der Waals surface area (Å²) in [5.41, 5.74) is 2.56. The summed E-state index contributed by atoms with van der Waals surface area (Å²) in [4.78, 5) is 4.56. The van der Waals surface area contributed by atoms with Crippen LogP contribution in [0.25, 0.3) is 11.3 Å². The number of nitrogens with zero attached hydrogens (tertiary/aromatic N) is 2. The molecule has 0 amide bonds. The molecule has 2 heterocycles. The predicted molar refractivity (Wildman–Crippen MR) is 72.5 cm³/mol. The summed E-state index contributed by atoms with van der Waals surface area (Å²) in [5, 5.41) is 0. The molecule has 17 heavy (non-hydrogen) atoms. The number of hydrogen-bond acceptors (Lipinski definition) is 1. The van der Waals surface area contributed by atoms with Crippen molar-refractivity contribution in [3.05, 3.63) is 42.4 Å². The highest BCUT2D eigenvalue weighted by Crippen LogP contribution is 2.24. The van der Waals surface area contributed by atoms with Gasteiger partial charge in [0.15, 0.2) is 0 Å². The molecule has 0 bridgehead atoms. The number of rotatable bonds is 1. The SMILES string of the molecule is Cl.c1ccc(-c2cnc3n2CCCCC3)cc1. The van der Waals surface area contributed by atoms with Gasteiger partial charge in [0.2, 0.25) is 0 Å². The molecule has 0 radical (unpaired) electrons. The second-order valence-electron chi connectivity index (χ2n) is 4.39. The molecule has 3 heteroatoms. The molecule has 0 aliphatic carbocycles. The Balaban J connectivity index is 0.00000108. The van der Waals surface area contributed by atoms with Crippen molar-refractivity contribution in [2.75, 3.05) is 0 Å². The fraction of sp³-hybridized carbons (Fsp3) is 0.357. The molecule has 0 saturated heterocycles. The first-order valence-electron chi connectivity index (χ1n) is 6.05. The van der Waals surface area contributed by atoms with Crippen LogP contribution in [0.3, 0.4) is 0 Å². The molecule has 1 aromatic carbocycles. The van der Waals surface area contributed by atoms with Gasteiger partial charge in [-0.1, -0.05) is 36.8 Å². The molecule has 1 aromatic heterocycles. The second kappa shape index (κ2) is 5.37. The van der Waals surface area contributed by atoms with E-state index >= 15 is 0 Å². The molecule has 0 saturated carbocycles. The molecule has 1 aliphatic rings. The zero-order chi connectivity index (χ0) is 10.8. The van der Waals surface area contributed by atoms with Crippen LogP contribution in [0.4, 0.5) is 0 Å². The molecule has 0 fully saturated rings. The van der Waals surface area contributed by atoms with E-state index in [2.05, 4.69) is 39.9 Å². The normalized spacial score (nSPS) is 14.6. The minimum atomic E-state index is 0. The van der Waals surface area contributed by atoms with Gasteiger partial charge in [-0.15, -0.1) is 12.4 Å². The number of imidazole rings is 1. The lowest BCUT2D eigenvalue weighted by Crippen LogP contribution is -2.02. The van der Waals surface area contributed by atoms with Crippen LogP contribution >= 0.6 is 12.4 Å². The largest absolute Gasteiger partial charge is 0.328 e. The van der Waals surface area contributed by atoms with E-state index in [1.807, 2.05) is 6.20 Å². The third-order valence-corrected chi connectivity index (χ3v) is 3.29. The molecule has 0 atom stereocenters. The Morgan fingerprint density at radius 3 is 2.65 bits per heavy atom. The van der Waals surface area contributed by atoms with Crippen molar-refractivity contribution in [2.24, 2.45) is 0 Å². The number of fused-ring (bicyclic) bond motifs is 1. The average Bonchev–Trinajstić information content (AvgIpc) is 2.60. The molecule has 3 rings (SSSR count). The van der Waals surface area contributed by atoms with Gasteiger partial charge in [0, 0.05) is 13.0 Å². The van der Waals surface area contributed by atoms with Gasteiger partial charge in [-0.2, -0.15) is 0 Å². The van der Waals surface area contributed by atoms with Gasteiger partial charge in [0.25, 0.3) is 0 Å². The standard InChI is InChI=1S/C14H16N2.ClH/c1-3-7-12(8-4-1)13-11-15-14-9-5-2-6-10-16(13)14;/h1,3-4,7-8,11H,2,5-6,9-10H2;1H. The van der Waals surface area contributed by atoms with Crippen LogP contribution in [0.15, 0.2) is 36.5 Å². The van der Waals surface area contributed by atoms with E-state index in [0.29, 0.717) is 0 Å². The van der Waals surface area contributed by atoms with Crippen LogP contribution in [0.2, 0.25) is 0 Å². The molecule has 2 aromatic rings. The Morgan fingerprint density at radius 2 is 1.82 bits per heavy atom. The van der Waals surface area contributed by atoms with Crippen LogP contribution in [-0.2, 0) is 13.0 Å². The maximum atomic E-state index is 4.56. The van der Waals surface area contributed by atoms with E-state index < -0.39 is 0 Å². The van der Waals surface area contributed by atoms with E-state index in [1.54, 1.807) is 0 Å². The van der Waals surface area contributed by atoms with Crippen LogP contribution in [0.1, 0.15) is 25.1 Å². The van der Waals surface area contributed by atoms with Crippen molar-refractivity contribution in [2.45, 2.75) is 32.2 Å². The summed E-state index contributed by atoms with van der Waals surface area (Å²) in [5.74, 6) is 1.26. The number of benzene rings is 1. The smallest absolute Gasteiger partial charge is 0.109 e. The monoisotopic (exact) mass is 248 g/mol. The lowest BCUT2D eigenvalue weighted by atomic mass is 10.1. The van der Waals surface area contributed by atoms with Gasteiger partial charge >= 0.3 is 0 Å². The number of aromatic nitrogens is 2. The predicted octanol–water partition coefficient (Wildman–Crippen LogP) is 3.70. The van der Waals surface area contributed by atoms with Crippen molar-refractivity contribution >= 4 is 12.4 Å². The molecular formula is C14H17ClN2. The van der Waals surface area contributed by atoms with Gasteiger partial charge in [-0.3, -0.25) is 0 Å². The first-order valence-corrected chi connectivity index (χ1v) is 6.05. The first-order chi connectivity index (χ1) is 7.95. The van der Waals surface area contributed by atoms with Crippen LogP contribution < -0.4 is 0 Å². The fourth-order valence-corrected chi connectivity index (χ4v) is 2.43. The van der Waals surface area contributed by atoms with Gasteiger partial charge in [-0.05, 0) is 18.4 Å². The number of halogens is 1. The zero-order valence-corrected chi connectivity index (χ0v) is 10.6. The Kier molecular flexibility index (Phi) is 3.85. The second-order valence-corrected chi connectivity index (χ2v) is 4.39. The van der Waals surface area contributed by atoms with E-state index in [0.717, 1.165) is 13.0 Å². The van der Waals surface area contributed by atoms with Crippen molar-refractivity contribution in [3.63, 3.8) is 0 Å². The highest BCUT2D eigenvalue weighted by molar-refractivity contribution is 5.85. The van der Waals surface area contributed by atoms with E-state index in [9.17, 15) is 0 Å². The lowest BCUT2D eigenvalue weighted by Gasteiger charge is -2.08. The molecule has 0 spiro atoms. The molecular weight excluding hydrogens is 232 g/mol. The average molecular weight is 249 g/mol. The summed E-state index contributed by atoms with van der Waals surface area (Å²) in [6.45, 7) is 1.12. The van der Waals surface area contributed by atoms with Gasteiger partial charge < -0.3 is 4.57 Å². The van der Waals surface area contributed by atoms with Gasteiger partial charge in [-0.25, -0.2) is 4.98 Å². The minimum absolute atomic E-state index is 0. The Bertz CT molecular complexity index is 476. The molecule has 0 N–H and O–H groups in total. The van der Waals surface area contributed by atoms with E-state index in [1.165, 1.54) is 36.3 Å². The van der Waals surface area contributed by atoms with Gasteiger partial charge in [0.05, 0.1) is 11.9 Å². The Morgan fingerprint density at radius 1 is 1.00 bits per heavy atom. The van der Waals surface area contributed by atoms with Crippen molar-refractivity contribution in [1.29, 1.82) is 0 Å². The molecule has 0 unspecified atom stereocenters. The zero-order valence-electron chi connectivity index (χ0n) is 9.80. The fourth-order valence-electron chi connectivity index (χ4n) is 2.43. The van der Waals surface area contributed by atoms with Crippen molar-refractivity contribution in [1.82, 2.24) is 9.55 Å². The maximum absolute atomic E-state index is 4.56.